The Morgan fingerprint density at radius 2 is 1.89 bits per heavy atom. The summed E-state index contributed by atoms with van der Waals surface area (Å²) in [5.74, 6) is -0.229. The first kappa shape index (κ1) is 16.7. The molecular formula is C15H15N7O3S2. The van der Waals surface area contributed by atoms with Gasteiger partial charge in [-0.05, 0) is 31.0 Å². The molecule has 0 aliphatic carbocycles. The van der Waals surface area contributed by atoms with Crippen LogP contribution in [0.1, 0.15) is 23.3 Å². The Bertz CT molecular complexity index is 1100. The molecule has 3 aromatic rings. The van der Waals surface area contributed by atoms with Crippen molar-refractivity contribution in [2.75, 3.05) is 13.1 Å². The Labute approximate surface area is 158 Å². The summed E-state index contributed by atoms with van der Waals surface area (Å²) in [5, 5.41) is 9.93. The predicted octanol–water partition coefficient (Wildman–Crippen LogP) is 0.487. The summed E-state index contributed by atoms with van der Waals surface area (Å²) in [6.45, 7) is 0.698. The number of aromatic nitrogens is 5. The molecule has 2 fully saturated rings. The second kappa shape index (κ2) is 6.04. The first-order valence-corrected chi connectivity index (χ1v) is 10.6. The van der Waals surface area contributed by atoms with Crippen LogP contribution in [0.25, 0.3) is 11.0 Å². The molecule has 27 heavy (non-hydrogen) atoms. The summed E-state index contributed by atoms with van der Waals surface area (Å²) in [6.07, 6.45) is 2.84. The van der Waals surface area contributed by atoms with Crippen LogP contribution in [0.3, 0.4) is 0 Å². The highest BCUT2D eigenvalue weighted by Crippen LogP contribution is 2.36. The molecule has 2 bridgehead atoms. The lowest BCUT2D eigenvalue weighted by Crippen LogP contribution is -2.57. The molecule has 2 saturated heterocycles. The summed E-state index contributed by atoms with van der Waals surface area (Å²) in [6, 6.07) is 4.34. The lowest BCUT2D eigenvalue weighted by atomic mass is 10.2. The lowest BCUT2D eigenvalue weighted by Gasteiger charge is -2.39. The van der Waals surface area contributed by atoms with Gasteiger partial charge in [0.2, 0.25) is 10.0 Å². The first-order valence-electron chi connectivity index (χ1n) is 8.45. The average molecular weight is 405 g/mol. The molecule has 140 valence electrons. The van der Waals surface area contributed by atoms with Crippen LogP contribution >= 0.6 is 11.7 Å². The number of H-pyrrole nitrogens is 1. The molecule has 10 nitrogen and oxygen atoms in total. The second-order valence-electron chi connectivity index (χ2n) is 6.70. The quantitative estimate of drug-likeness (QED) is 0.672. The van der Waals surface area contributed by atoms with Gasteiger partial charge in [0.05, 0.1) is 22.8 Å². The minimum absolute atomic E-state index is 0.218. The maximum absolute atomic E-state index is 13.3. The first-order chi connectivity index (χ1) is 13.0. The van der Waals surface area contributed by atoms with E-state index in [4.69, 9.17) is 0 Å². The molecule has 0 radical (unpaired) electrons. The Morgan fingerprint density at radius 1 is 1.15 bits per heavy atom. The van der Waals surface area contributed by atoms with Gasteiger partial charge in [0.15, 0.2) is 5.69 Å². The van der Waals surface area contributed by atoms with E-state index in [9.17, 15) is 13.2 Å². The van der Waals surface area contributed by atoms with Crippen molar-refractivity contribution in [2.24, 2.45) is 0 Å². The van der Waals surface area contributed by atoms with Crippen molar-refractivity contribution < 1.29 is 13.2 Å². The highest BCUT2D eigenvalue weighted by Gasteiger charge is 2.48. The molecule has 1 aromatic carbocycles. The number of carbonyl (C=O) groups is 1. The minimum Gasteiger partial charge on any atom is -0.334 e. The number of likely N-dealkylation sites (tertiary alicyclic amines) is 1. The van der Waals surface area contributed by atoms with Gasteiger partial charge in [-0.3, -0.25) is 4.79 Å². The fourth-order valence-corrected chi connectivity index (χ4v) is 6.32. The van der Waals surface area contributed by atoms with Crippen LogP contribution in [0, 0.1) is 0 Å². The zero-order valence-electron chi connectivity index (χ0n) is 14.0. The maximum atomic E-state index is 13.3. The largest absolute Gasteiger partial charge is 0.334 e. The van der Waals surface area contributed by atoms with Crippen LogP contribution < -0.4 is 0 Å². The van der Waals surface area contributed by atoms with Gasteiger partial charge in [-0.1, -0.05) is 0 Å². The van der Waals surface area contributed by atoms with E-state index < -0.39 is 10.0 Å². The van der Waals surface area contributed by atoms with E-state index in [1.54, 1.807) is 27.4 Å². The fourth-order valence-electron chi connectivity index (χ4n) is 3.93. The second-order valence-corrected chi connectivity index (χ2v) is 9.07. The topological polar surface area (TPSA) is 125 Å². The molecule has 2 aliphatic rings. The Kier molecular flexibility index (Phi) is 3.74. The van der Waals surface area contributed by atoms with Crippen molar-refractivity contribution in [1.29, 1.82) is 0 Å². The molecular weight excluding hydrogens is 390 g/mol. The number of sulfonamides is 1. The molecule has 2 aromatic heterocycles. The molecule has 4 heterocycles. The van der Waals surface area contributed by atoms with Gasteiger partial charge in [0.25, 0.3) is 5.91 Å². The van der Waals surface area contributed by atoms with Crippen molar-refractivity contribution in [3.8, 4) is 0 Å². The number of carbonyl (C=O) groups excluding carboxylic acids is 1. The highest BCUT2D eigenvalue weighted by molar-refractivity contribution is 7.89. The van der Waals surface area contributed by atoms with Gasteiger partial charge < -0.3 is 4.90 Å². The molecule has 2 aliphatic heterocycles. The molecule has 12 heteroatoms. The monoisotopic (exact) mass is 405 g/mol. The van der Waals surface area contributed by atoms with Crippen molar-refractivity contribution in [3.63, 3.8) is 0 Å². The van der Waals surface area contributed by atoms with Gasteiger partial charge in [0.1, 0.15) is 11.0 Å². The SMILES string of the molecule is O=C(c1cn[nH]n1)N1CC2CCC(C1)N2S(=O)(=O)c1ccc2nsnc2c1. The van der Waals surface area contributed by atoms with E-state index in [1.165, 1.54) is 6.20 Å². The number of benzene rings is 1. The van der Waals surface area contributed by atoms with Crippen LogP contribution in [0.15, 0.2) is 29.3 Å². The van der Waals surface area contributed by atoms with Gasteiger partial charge in [-0.2, -0.15) is 28.5 Å². The lowest BCUT2D eigenvalue weighted by molar-refractivity contribution is 0.0609. The highest BCUT2D eigenvalue weighted by atomic mass is 32.2. The van der Waals surface area contributed by atoms with Crippen LogP contribution in [0.2, 0.25) is 0 Å². The Balaban J connectivity index is 1.44. The minimum atomic E-state index is -3.67. The third-order valence-corrected chi connectivity index (χ3v) is 7.69. The number of nitrogens with zero attached hydrogens (tertiary/aromatic N) is 6. The van der Waals surface area contributed by atoms with Crippen LogP contribution in [0.4, 0.5) is 0 Å². The molecule has 1 N–H and O–H groups in total. The van der Waals surface area contributed by atoms with Crippen molar-refractivity contribution >= 4 is 38.7 Å². The number of hydrogen-bond acceptors (Lipinski definition) is 8. The number of amides is 1. The normalized spacial score (nSPS) is 23.2. The molecule has 0 saturated carbocycles. The summed E-state index contributed by atoms with van der Waals surface area (Å²) >= 11 is 1.06. The molecule has 1 amide bonds. The number of fused-ring (bicyclic) bond motifs is 3. The van der Waals surface area contributed by atoms with E-state index in [1.807, 2.05) is 0 Å². The van der Waals surface area contributed by atoms with Gasteiger partial charge in [-0.25, -0.2) is 8.42 Å². The summed E-state index contributed by atoms with van der Waals surface area (Å²) in [4.78, 5) is 14.4. The molecule has 2 atom stereocenters. The van der Waals surface area contributed by atoms with Gasteiger partial charge in [-0.15, -0.1) is 0 Å². The summed E-state index contributed by atoms with van der Waals surface area (Å²) < 4.78 is 36.4. The number of hydrogen-bond donors (Lipinski definition) is 1. The number of piperazine rings is 1. The van der Waals surface area contributed by atoms with E-state index >= 15 is 0 Å². The van der Waals surface area contributed by atoms with E-state index in [0.717, 1.165) is 24.6 Å². The third-order valence-electron chi connectivity index (χ3n) is 5.14. The molecule has 0 spiro atoms. The van der Waals surface area contributed by atoms with Crippen molar-refractivity contribution in [2.45, 2.75) is 29.8 Å². The van der Waals surface area contributed by atoms with Crippen molar-refractivity contribution in [1.82, 2.24) is 33.4 Å². The smallest absolute Gasteiger partial charge is 0.276 e. The van der Waals surface area contributed by atoms with E-state index in [2.05, 4.69) is 24.2 Å². The maximum Gasteiger partial charge on any atom is 0.276 e. The van der Waals surface area contributed by atoms with Crippen LogP contribution in [-0.2, 0) is 10.0 Å². The zero-order chi connectivity index (χ0) is 18.6. The number of nitrogens with one attached hydrogen (secondary N) is 1. The van der Waals surface area contributed by atoms with Crippen molar-refractivity contribution in [3.05, 3.63) is 30.1 Å². The number of aromatic amines is 1. The average Bonchev–Trinajstić information content (AvgIpc) is 3.39. The fraction of sp³-hybridized carbons (Fsp3) is 0.400. The third kappa shape index (κ3) is 2.63. The van der Waals surface area contributed by atoms with Gasteiger partial charge in [0, 0.05) is 25.2 Å². The van der Waals surface area contributed by atoms with E-state index in [0.29, 0.717) is 24.1 Å². The zero-order valence-corrected chi connectivity index (χ0v) is 15.7. The molecule has 5 rings (SSSR count). The van der Waals surface area contributed by atoms with Crippen LogP contribution in [0.5, 0.6) is 0 Å². The van der Waals surface area contributed by atoms with E-state index in [-0.39, 0.29) is 28.6 Å². The Morgan fingerprint density at radius 3 is 2.59 bits per heavy atom. The molecule has 2 unspecified atom stereocenters. The van der Waals surface area contributed by atoms with Crippen LogP contribution in [-0.4, -0.2) is 72.9 Å². The standard InChI is InChI=1S/C15H15N7O3S2/c23-15(14-6-16-20-17-14)21-7-9-1-2-10(8-21)22(9)27(24,25)11-3-4-12-13(5-11)19-26-18-12/h3-6,9-10H,1-2,7-8H2,(H,16,17,20). The van der Waals surface area contributed by atoms with Gasteiger partial charge >= 0.3 is 0 Å². The predicted molar refractivity (Wildman–Crippen MR) is 95.5 cm³/mol. The number of rotatable bonds is 3. The summed E-state index contributed by atoms with van der Waals surface area (Å²) in [5.41, 5.74) is 1.51. The summed E-state index contributed by atoms with van der Waals surface area (Å²) in [7, 11) is -3.67. The Hall–Kier alpha value is -2.44.